The van der Waals surface area contributed by atoms with Crippen molar-refractivity contribution in [3.05, 3.63) is 0 Å². The first kappa shape index (κ1) is 16.4. The van der Waals surface area contributed by atoms with Crippen molar-refractivity contribution in [3.8, 4) is 0 Å². The molecule has 1 fully saturated rings. The highest BCUT2D eigenvalue weighted by Gasteiger charge is 2.34. The molecule has 1 rings (SSSR count). The number of nitrogens with zero attached hydrogens (tertiary/aromatic N) is 1. The summed E-state index contributed by atoms with van der Waals surface area (Å²) in [4.78, 5) is 14.2. The van der Waals surface area contributed by atoms with Gasteiger partial charge in [0.05, 0.1) is 12.7 Å². The Hall–Kier alpha value is -0.650. The lowest BCUT2D eigenvalue weighted by Crippen LogP contribution is -2.52. The lowest BCUT2D eigenvalue weighted by molar-refractivity contribution is -0.149. The molecule has 2 unspecified atom stereocenters. The zero-order valence-electron chi connectivity index (χ0n) is 12.6. The summed E-state index contributed by atoms with van der Waals surface area (Å²) < 4.78 is 10.4. The molecule has 1 saturated heterocycles. The molecule has 19 heavy (non-hydrogen) atoms. The zero-order valence-corrected chi connectivity index (χ0v) is 12.6. The van der Waals surface area contributed by atoms with Gasteiger partial charge in [-0.15, -0.1) is 0 Å². The van der Waals surface area contributed by atoms with Gasteiger partial charge < -0.3 is 20.1 Å². The van der Waals surface area contributed by atoms with Crippen molar-refractivity contribution in [1.82, 2.24) is 4.90 Å². The minimum atomic E-state index is -0.909. The third-order valence-electron chi connectivity index (χ3n) is 3.89. The first-order valence-corrected chi connectivity index (χ1v) is 7.13. The van der Waals surface area contributed by atoms with E-state index in [2.05, 4.69) is 11.8 Å². The van der Waals surface area contributed by atoms with Gasteiger partial charge in [0.25, 0.3) is 0 Å². The molecule has 0 spiro atoms. The highest BCUT2D eigenvalue weighted by atomic mass is 16.5. The molecule has 5 nitrogen and oxygen atoms in total. The molecule has 0 aromatic carbocycles. The van der Waals surface area contributed by atoms with E-state index >= 15 is 0 Å². The van der Waals surface area contributed by atoms with E-state index in [9.17, 15) is 4.79 Å². The third-order valence-corrected chi connectivity index (χ3v) is 3.89. The van der Waals surface area contributed by atoms with Crippen LogP contribution in [-0.4, -0.2) is 55.4 Å². The Morgan fingerprint density at radius 2 is 2.05 bits per heavy atom. The molecular weight excluding hydrogens is 244 g/mol. The Bertz CT molecular complexity index is 286. The van der Waals surface area contributed by atoms with E-state index in [0.717, 1.165) is 25.9 Å². The molecule has 2 N–H and O–H groups in total. The van der Waals surface area contributed by atoms with E-state index in [1.165, 1.54) is 0 Å². The lowest BCUT2D eigenvalue weighted by Gasteiger charge is -2.38. The van der Waals surface area contributed by atoms with Crippen LogP contribution in [0.25, 0.3) is 0 Å². The second-order valence-electron chi connectivity index (χ2n) is 5.66. The summed E-state index contributed by atoms with van der Waals surface area (Å²) in [6.07, 6.45) is 3.07. The van der Waals surface area contributed by atoms with Crippen LogP contribution in [0.3, 0.4) is 0 Å². The summed E-state index contributed by atoms with van der Waals surface area (Å²) in [5, 5.41) is 0. The number of piperidine rings is 1. The van der Waals surface area contributed by atoms with Crippen molar-refractivity contribution in [2.75, 3.05) is 26.8 Å². The summed E-state index contributed by atoms with van der Waals surface area (Å²) in [7, 11) is 1.77. The van der Waals surface area contributed by atoms with Crippen LogP contribution in [-0.2, 0) is 14.3 Å². The summed E-state index contributed by atoms with van der Waals surface area (Å²) in [6.45, 7) is 8.05. The summed E-state index contributed by atoms with van der Waals surface area (Å²) in [5.74, 6) is -0.311. The predicted octanol–water partition coefficient (Wildman–Crippen LogP) is 1.16. The molecule has 0 amide bonds. The van der Waals surface area contributed by atoms with Gasteiger partial charge in [-0.3, -0.25) is 4.79 Å². The normalized spacial score (nSPS) is 22.8. The average Bonchev–Trinajstić information content (AvgIpc) is 2.38. The summed E-state index contributed by atoms with van der Waals surface area (Å²) >= 11 is 0. The van der Waals surface area contributed by atoms with Gasteiger partial charge in [0.1, 0.15) is 5.54 Å². The van der Waals surface area contributed by atoms with E-state index in [4.69, 9.17) is 15.2 Å². The van der Waals surface area contributed by atoms with Gasteiger partial charge in [0.15, 0.2) is 0 Å². The van der Waals surface area contributed by atoms with E-state index < -0.39 is 5.54 Å². The molecule has 112 valence electrons. The van der Waals surface area contributed by atoms with Crippen molar-refractivity contribution in [1.29, 1.82) is 0 Å². The Morgan fingerprint density at radius 3 is 2.53 bits per heavy atom. The van der Waals surface area contributed by atoms with Gasteiger partial charge in [0.2, 0.25) is 0 Å². The summed E-state index contributed by atoms with van der Waals surface area (Å²) in [5.41, 5.74) is 5.17. The number of carbonyl (C=O) groups is 1. The van der Waals surface area contributed by atoms with Gasteiger partial charge in [-0.2, -0.15) is 0 Å². The monoisotopic (exact) mass is 272 g/mol. The quantitative estimate of drug-likeness (QED) is 0.735. The van der Waals surface area contributed by atoms with Gasteiger partial charge in [-0.1, -0.05) is 0 Å². The number of rotatable bonds is 6. The fraction of sp³-hybridized carbons (Fsp3) is 0.929. The number of methoxy groups -OCH3 is 1. The van der Waals surface area contributed by atoms with E-state index in [-0.39, 0.29) is 12.0 Å². The number of likely N-dealkylation sites (tertiary alicyclic amines) is 1. The largest absolute Gasteiger partial charge is 0.465 e. The van der Waals surface area contributed by atoms with Crippen LogP contribution < -0.4 is 5.73 Å². The van der Waals surface area contributed by atoms with Gasteiger partial charge >= 0.3 is 5.97 Å². The summed E-state index contributed by atoms with van der Waals surface area (Å²) in [6, 6.07) is 0.275. The van der Waals surface area contributed by atoms with E-state index in [0.29, 0.717) is 19.1 Å². The lowest BCUT2D eigenvalue weighted by atomic mass is 9.93. The van der Waals surface area contributed by atoms with Crippen LogP contribution in [0, 0.1) is 0 Å². The minimum Gasteiger partial charge on any atom is -0.465 e. The minimum absolute atomic E-state index is 0.275. The van der Waals surface area contributed by atoms with Crippen LogP contribution in [0.5, 0.6) is 0 Å². The molecule has 2 atom stereocenters. The zero-order chi connectivity index (χ0) is 14.5. The van der Waals surface area contributed by atoms with E-state index in [1.54, 1.807) is 21.0 Å². The van der Waals surface area contributed by atoms with Crippen LogP contribution in [0.15, 0.2) is 0 Å². The Labute approximate surface area is 116 Å². The molecule has 1 aliphatic rings. The molecule has 0 aromatic heterocycles. The molecule has 0 aliphatic carbocycles. The highest BCUT2D eigenvalue weighted by molar-refractivity contribution is 5.80. The van der Waals surface area contributed by atoms with Crippen LogP contribution in [0.1, 0.15) is 40.0 Å². The Kier molecular flexibility index (Phi) is 6.23. The smallest absolute Gasteiger partial charge is 0.325 e. The molecule has 1 aliphatic heterocycles. The maximum absolute atomic E-state index is 11.8. The molecule has 0 aromatic rings. The SMILES string of the molecule is CCOC(=O)C(C)(N)CC(C)N1CCC(OC)CC1. The maximum Gasteiger partial charge on any atom is 0.325 e. The number of carbonyl (C=O) groups excluding carboxylic acids is 1. The molecule has 1 heterocycles. The maximum atomic E-state index is 11.8. The van der Waals surface area contributed by atoms with Crippen molar-refractivity contribution in [2.24, 2.45) is 5.73 Å². The fourth-order valence-corrected chi connectivity index (χ4v) is 2.67. The van der Waals surface area contributed by atoms with Gasteiger partial charge in [0, 0.05) is 26.2 Å². The molecular formula is C14H28N2O3. The number of nitrogens with two attached hydrogens (primary N) is 1. The number of hydrogen-bond acceptors (Lipinski definition) is 5. The highest BCUT2D eigenvalue weighted by Crippen LogP contribution is 2.20. The third kappa shape index (κ3) is 4.75. The van der Waals surface area contributed by atoms with E-state index in [1.807, 2.05) is 0 Å². The van der Waals surface area contributed by atoms with Crippen LogP contribution >= 0.6 is 0 Å². The fourth-order valence-electron chi connectivity index (χ4n) is 2.67. The van der Waals surface area contributed by atoms with Gasteiger partial charge in [-0.25, -0.2) is 0 Å². The predicted molar refractivity (Wildman–Crippen MR) is 74.9 cm³/mol. The topological polar surface area (TPSA) is 64.8 Å². The molecule has 0 saturated carbocycles. The number of ether oxygens (including phenoxy) is 2. The molecule has 0 bridgehead atoms. The van der Waals surface area contributed by atoms with Crippen molar-refractivity contribution >= 4 is 5.97 Å². The average molecular weight is 272 g/mol. The molecule has 5 heteroatoms. The Balaban J connectivity index is 2.46. The van der Waals surface area contributed by atoms with Crippen LogP contribution in [0.2, 0.25) is 0 Å². The van der Waals surface area contributed by atoms with Crippen molar-refractivity contribution in [3.63, 3.8) is 0 Å². The molecule has 0 radical (unpaired) electrons. The number of hydrogen-bond donors (Lipinski definition) is 1. The Morgan fingerprint density at radius 1 is 1.47 bits per heavy atom. The first-order chi connectivity index (χ1) is 8.90. The second-order valence-corrected chi connectivity index (χ2v) is 5.66. The second kappa shape index (κ2) is 7.22. The standard InChI is InChI=1S/C14H28N2O3/c1-5-19-13(17)14(3,15)10-11(2)16-8-6-12(18-4)7-9-16/h11-12H,5-10,15H2,1-4H3. The van der Waals surface area contributed by atoms with Crippen molar-refractivity contribution < 1.29 is 14.3 Å². The van der Waals surface area contributed by atoms with Gasteiger partial charge in [-0.05, 0) is 40.0 Å². The van der Waals surface area contributed by atoms with Crippen molar-refractivity contribution in [2.45, 2.75) is 57.7 Å². The first-order valence-electron chi connectivity index (χ1n) is 7.13. The van der Waals surface area contributed by atoms with Crippen LogP contribution in [0.4, 0.5) is 0 Å². The number of esters is 1.